The molecule has 1 N–H and O–H groups in total. The second kappa shape index (κ2) is 5.63. The zero-order chi connectivity index (χ0) is 14.8. The van der Waals surface area contributed by atoms with Crippen LogP contribution < -0.4 is 4.74 Å². The molecule has 0 amide bonds. The van der Waals surface area contributed by atoms with E-state index in [1.54, 1.807) is 24.7 Å². The molecule has 0 fully saturated rings. The van der Waals surface area contributed by atoms with Crippen LogP contribution in [0.15, 0.2) is 30.5 Å². The molecule has 1 unspecified atom stereocenters. The lowest BCUT2D eigenvalue weighted by atomic mass is 10.1. The van der Waals surface area contributed by atoms with Crippen molar-refractivity contribution >= 4 is 0 Å². The van der Waals surface area contributed by atoms with Gasteiger partial charge in [-0.15, -0.1) is 5.10 Å². The molecule has 0 spiro atoms. The van der Waals surface area contributed by atoms with E-state index in [4.69, 9.17) is 4.74 Å². The Kier molecular flexibility index (Phi) is 4.09. The summed E-state index contributed by atoms with van der Waals surface area (Å²) in [5.74, 6) is 0.803. The zero-order valence-corrected chi connectivity index (χ0v) is 12.4. The average Bonchev–Trinajstić information content (AvgIpc) is 2.88. The van der Waals surface area contributed by atoms with Crippen LogP contribution in [0.25, 0.3) is 5.69 Å². The third-order valence-electron chi connectivity index (χ3n) is 3.11. The van der Waals surface area contributed by atoms with Crippen molar-refractivity contribution in [3.8, 4) is 11.4 Å². The molecular weight excluding hydrogens is 254 g/mol. The summed E-state index contributed by atoms with van der Waals surface area (Å²) in [6.07, 6.45) is 2.85. The van der Waals surface area contributed by atoms with Gasteiger partial charge in [0.05, 0.1) is 18.0 Å². The number of nitrogens with zero attached hydrogens (tertiary/aromatic N) is 3. The second-order valence-corrected chi connectivity index (χ2v) is 5.44. The Morgan fingerprint density at radius 3 is 2.75 bits per heavy atom. The maximum absolute atomic E-state index is 9.91. The largest absolute Gasteiger partial charge is 0.491 e. The fourth-order valence-electron chi connectivity index (χ4n) is 1.69. The zero-order valence-electron chi connectivity index (χ0n) is 12.4. The number of hydrogen-bond acceptors (Lipinski definition) is 4. The molecule has 1 atom stereocenters. The van der Waals surface area contributed by atoms with E-state index in [2.05, 4.69) is 17.2 Å². The van der Waals surface area contributed by atoms with Crippen molar-refractivity contribution in [1.29, 1.82) is 0 Å². The Morgan fingerprint density at radius 2 is 2.15 bits per heavy atom. The number of rotatable bonds is 5. The van der Waals surface area contributed by atoms with Crippen molar-refractivity contribution in [3.05, 3.63) is 36.2 Å². The van der Waals surface area contributed by atoms with Crippen molar-refractivity contribution in [1.82, 2.24) is 15.0 Å². The van der Waals surface area contributed by atoms with Gasteiger partial charge in [-0.1, -0.05) is 18.2 Å². The summed E-state index contributed by atoms with van der Waals surface area (Å²) in [5.41, 5.74) is 0.392. The fraction of sp³-hybridized carbons (Fsp3) is 0.467. The lowest BCUT2D eigenvalue weighted by Gasteiger charge is -2.13. The van der Waals surface area contributed by atoms with Crippen LogP contribution in [0.1, 0.15) is 39.8 Å². The predicted octanol–water partition coefficient (Wildman–Crippen LogP) is 2.67. The molecule has 5 heteroatoms. The summed E-state index contributed by atoms with van der Waals surface area (Å²) in [6.45, 7) is 7.49. The first kappa shape index (κ1) is 14.5. The van der Waals surface area contributed by atoms with Gasteiger partial charge in [0.2, 0.25) is 0 Å². The van der Waals surface area contributed by atoms with Gasteiger partial charge in [0.1, 0.15) is 17.0 Å². The van der Waals surface area contributed by atoms with Crippen LogP contribution in [0.4, 0.5) is 0 Å². The normalized spacial score (nSPS) is 13.2. The predicted molar refractivity (Wildman–Crippen MR) is 77.0 cm³/mol. The minimum Gasteiger partial charge on any atom is -0.491 e. The summed E-state index contributed by atoms with van der Waals surface area (Å²) >= 11 is 0. The minimum absolute atomic E-state index is 0.174. The van der Waals surface area contributed by atoms with Gasteiger partial charge < -0.3 is 9.84 Å². The number of hydrogen-bond donors (Lipinski definition) is 1. The molecule has 2 rings (SSSR count). The highest BCUT2D eigenvalue weighted by Gasteiger charge is 2.20. The van der Waals surface area contributed by atoms with Crippen molar-refractivity contribution < 1.29 is 9.84 Å². The van der Waals surface area contributed by atoms with E-state index in [0.717, 1.165) is 17.9 Å². The van der Waals surface area contributed by atoms with Crippen LogP contribution in [0, 0.1) is 0 Å². The van der Waals surface area contributed by atoms with Gasteiger partial charge in [0.15, 0.2) is 0 Å². The summed E-state index contributed by atoms with van der Waals surface area (Å²) in [6, 6.07) is 7.67. The fourth-order valence-corrected chi connectivity index (χ4v) is 1.69. The Balaban J connectivity index is 2.25. The molecule has 0 aliphatic heterocycles. The summed E-state index contributed by atoms with van der Waals surface area (Å²) in [5, 5.41) is 18.0. The van der Waals surface area contributed by atoms with E-state index in [0.29, 0.717) is 5.69 Å². The van der Waals surface area contributed by atoms with Crippen molar-refractivity contribution in [2.24, 2.45) is 0 Å². The molecule has 1 aromatic carbocycles. The van der Waals surface area contributed by atoms with Gasteiger partial charge in [-0.05, 0) is 39.3 Å². The SMILES string of the molecule is CCC(C)Oc1cccc(-n2cc(C(C)(C)O)nn2)c1. The van der Waals surface area contributed by atoms with Gasteiger partial charge in [0, 0.05) is 6.07 Å². The maximum atomic E-state index is 9.91. The van der Waals surface area contributed by atoms with Crippen LogP contribution in [0.5, 0.6) is 5.75 Å². The average molecular weight is 275 g/mol. The molecule has 108 valence electrons. The van der Waals surface area contributed by atoms with Gasteiger partial charge in [-0.2, -0.15) is 0 Å². The van der Waals surface area contributed by atoms with Gasteiger partial charge >= 0.3 is 0 Å². The Bertz CT molecular complexity index is 572. The molecule has 1 aromatic heterocycles. The number of aliphatic hydroxyl groups is 1. The van der Waals surface area contributed by atoms with Crippen LogP contribution in [0.2, 0.25) is 0 Å². The van der Waals surface area contributed by atoms with Gasteiger partial charge in [-0.25, -0.2) is 4.68 Å². The van der Waals surface area contributed by atoms with E-state index in [1.165, 1.54) is 0 Å². The Morgan fingerprint density at radius 1 is 1.40 bits per heavy atom. The topological polar surface area (TPSA) is 60.2 Å². The lowest BCUT2D eigenvalue weighted by molar-refractivity contribution is 0.0737. The smallest absolute Gasteiger partial charge is 0.121 e. The summed E-state index contributed by atoms with van der Waals surface area (Å²) in [7, 11) is 0. The van der Waals surface area contributed by atoms with Crippen LogP contribution >= 0.6 is 0 Å². The highest BCUT2D eigenvalue weighted by atomic mass is 16.5. The molecule has 5 nitrogen and oxygen atoms in total. The highest BCUT2D eigenvalue weighted by Crippen LogP contribution is 2.21. The van der Waals surface area contributed by atoms with Crippen molar-refractivity contribution in [2.75, 3.05) is 0 Å². The third kappa shape index (κ3) is 3.36. The standard InChI is InChI=1S/C15H21N3O2/c1-5-11(2)20-13-8-6-7-12(9-13)18-10-14(16-17-18)15(3,4)19/h6-11,19H,5H2,1-4H3. The van der Waals surface area contributed by atoms with Crippen molar-refractivity contribution in [3.63, 3.8) is 0 Å². The van der Waals surface area contributed by atoms with Gasteiger partial charge in [0.25, 0.3) is 0 Å². The first-order valence-corrected chi connectivity index (χ1v) is 6.82. The molecule has 0 bridgehead atoms. The summed E-state index contributed by atoms with van der Waals surface area (Å²) in [4.78, 5) is 0. The molecular formula is C15H21N3O2. The lowest BCUT2D eigenvalue weighted by Crippen LogP contribution is -2.15. The molecule has 20 heavy (non-hydrogen) atoms. The number of aromatic nitrogens is 3. The van der Waals surface area contributed by atoms with Crippen LogP contribution in [-0.4, -0.2) is 26.2 Å². The van der Waals surface area contributed by atoms with E-state index in [1.807, 2.05) is 31.2 Å². The minimum atomic E-state index is -0.997. The molecule has 0 saturated carbocycles. The third-order valence-corrected chi connectivity index (χ3v) is 3.11. The number of ether oxygens (including phenoxy) is 1. The van der Waals surface area contributed by atoms with E-state index >= 15 is 0 Å². The van der Waals surface area contributed by atoms with Crippen LogP contribution in [0.3, 0.4) is 0 Å². The second-order valence-electron chi connectivity index (χ2n) is 5.44. The quantitative estimate of drug-likeness (QED) is 0.911. The van der Waals surface area contributed by atoms with E-state index in [9.17, 15) is 5.11 Å². The molecule has 0 radical (unpaired) electrons. The van der Waals surface area contributed by atoms with Gasteiger partial charge in [-0.3, -0.25) is 0 Å². The molecule has 0 saturated heterocycles. The molecule has 1 heterocycles. The molecule has 0 aliphatic rings. The van der Waals surface area contributed by atoms with Crippen LogP contribution in [-0.2, 0) is 5.60 Å². The Hall–Kier alpha value is -1.88. The van der Waals surface area contributed by atoms with E-state index < -0.39 is 5.60 Å². The van der Waals surface area contributed by atoms with E-state index in [-0.39, 0.29) is 6.10 Å². The molecule has 2 aromatic rings. The monoisotopic (exact) mass is 275 g/mol. The maximum Gasteiger partial charge on any atom is 0.121 e. The Labute approximate surface area is 119 Å². The summed E-state index contributed by atoms with van der Waals surface area (Å²) < 4.78 is 7.42. The highest BCUT2D eigenvalue weighted by molar-refractivity contribution is 5.38. The van der Waals surface area contributed by atoms with Crippen molar-refractivity contribution in [2.45, 2.75) is 45.8 Å². The number of benzene rings is 1. The molecule has 0 aliphatic carbocycles. The first-order valence-electron chi connectivity index (χ1n) is 6.82. The first-order chi connectivity index (χ1) is 9.40.